The second-order valence-corrected chi connectivity index (χ2v) is 5.81. The van der Waals surface area contributed by atoms with E-state index in [1.54, 1.807) is 0 Å². The molecular weight excluding hydrogens is 258 g/mol. The number of rotatable bonds is 5. The molecule has 1 aliphatic carbocycles. The lowest BCUT2D eigenvalue weighted by Gasteiger charge is -2.20. The number of nitrogens with one attached hydrogen (secondary N) is 1. The van der Waals surface area contributed by atoms with Crippen molar-refractivity contribution in [2.45, 2.75) is 38.7 Å². The summed E-state index contributed by atoms with van der Waals surface area (Å²) in [6.07, 6.45) is 5.20. The van der Waals surface area contributed by atoms with Gasteiger partial charge in [-0.25, -0.2) is 0 Å². The summed E-state index contributed by atoms with van der Waals surface area (Å²) in [4.78, 5) is 0. The van der Waals surface area contributed by atoms with Gasteiger partial charge in [-0.1, -0.05) is 24.3 Å². The van der Waals surface area contributed by atoms with Crippen molar-refractivity contribution < 1.29 is 4.74 Å². The first kappa shape index (κ1) is 14.0. The van der Waals surface area contributed by atoms with E-state index < -0.39 is 0 Å². The van der Waals surface area contributed by atoms with Gasteiger partial charge in [0.1, 0.15) is 11.9 Å². The van der Waals surface area contributed by atoms with Crippen LogP contribution in [0, 0.1) is 0 Å². The first-order valence-corrected chi connectivity index (χ1v) is 7.88. The van der Waals surface area contributed by atoms with Gasteiger partial charge in [-0.05, 0) is 68.0 Å². The van der Waals surface area contributed by atoms with Gasteiger partial charge in [0.15, 0.2) is 0 Å². The summed E-state index contributed by atoms with van der Waals surface area (Å²) < 4.78 is 6.04. The normalized spacial score (nSPS) is 15.1. The van der Waals surface area contributed by atoms with Crippen molar-refractivity contribution in [3.63, 3.8) is 0 Å². The Morgan fingerprint density at radius 2 is 1.76 bits per heavy atom. The minimum absolute atomic E-state index is 0.145. The summed E-state index contributed by atoms with van der Waals surface area (Å²) in [5.41, 5.74) is 4.11. The molecule has 1 N–H and O–H groups in total. The maximum atomic E-state index is 6.04. The average Bonchev–Trinajstić information content (AvgIpc) is 2.54. The number of anilines is 1. The Balaban J connectivity index is 1.56. The van der Waals surface area contributed by atoms with Gasteiger partial charge in [0, 0.05) is 5.69 Å². The molecule has 0 bridgehead atoms. The molecule has 1 atom stereocenters. The molecule has 0 saturated heterocycles. The van der Waals surface area contributed by atoms with Crippen molar-refractivity contribution in [1.82, 2.24) is 0 Å². The van der Waals surface area contributed by atoms with Crippen molar-refractivity contribution in [3.05, 3.63) is 59.7 Å². The number of hydrogen-bond donors (Lipinski definition) is 1. The molecule has 0 saturated carbocycles. The standard InChI is InChI=1S/C19H23NO/c1-15(14-20-18-9-3-2-4-10-18)21-19-12-11-16-7-5-6-8-17(16)13-19/h2-4,9-13,15,20H,5-8,14H2,1H3. The van der Waals surface area contributed by atoms with Crippen LogP contribution in [0.1, 0.15) is 30.9 Å². The van der Waals surface area contributed by atoms with Gasteiger partial charge in [-0.15, -0.1) is 0 Å². The Morgan fingerprint density at radius 1 is 1.00 bits per heavy atom. The molecule has 1 unspecified atom stereocenters. The lowest BCUT2D eigenvalue weighted by atomic mass is 9.92. The topological polar surface area (TPSA) is 21.3 Å². The highest BCUT2D eigenvalue weighted by Gasteiger charge is 2.11. The lowest BCUT2D eigenvalue weighted by molar-refractivity contribution is 0.234. The highest BCUT2D eigenvalue weighted by Crippen LogP contribution is 2.25. The predicted molar refractivity (Wildman–Crippen MR) is 88.1 cm³/mol. The van der Waals surface area contributed by atoms with Crippen LogP contribution in [0.2, 0.25) is 0 Å². The fourth-order valence-electron chi connectivity index (χ4n) is 2.87. The van der Waals surface area contributed by atoms with Gasteiger partial charge >= 0.3 is 0 Å². The summed E-state index contributed by atoms with van der Waals surface area (Å²) >= 11 is 0. The van der Waals surface area contributed by atoms with Crippen LogP contribution < -0.4 is 10.1 Å². The van der Waals surface area contributed by atoms with Gasteiger partial charge < -0.3 is 10.1 Å². The second-order valence-electron chi connectivity index (χ2n) is 5.81. The average molecular weight is 281 g/mol. The first-order chi connectivity index (χ1) is 10.3. The Morgan fingerprint density at radius 3 is 2.57 bits per heavy atom. The molecule has 21 heavy (non-hydrogen) atoms. The molecule has 0 fully saturated rings. The van der Waals surface area contributed by atoms with E-state index in [2.05, 4.69) is 42.6 Å². The second kappa shape index (κ2) is 6.66. The summed E-state index contributed by atoms with van der Waals surface area (Å²) in [6.45, 7) is 2.91. The minimum atomic E-state index is 0.145. The Hall–Kier alpha value is -1.96. The van der Waals surface area contributed by atoms with Gasteiger partial charge in [0.05, 0.1) is 6.54 Å². The van der Waals surface area contributed by atoms with Crippen molar-refractivity contribution in [1.29, 1.82) is 0 Å². The molecule has 0 heterocycles. The molecule has 3 rings (SSSR count). The van der Waals surface area contributed by atoms with Crippen molar-refractivity contribution in [2.24, 2.45) is 0 Å². The van der Waals surface area contributed by atoms with E-state index in [1.165, 1.54) is 36.8 Å². The molecule has 0 amide bonds. The maximum absolute atomic E-state index is 6.04. The van der Waals surface area contributed by atoms with Gasteiger partial charge in [-0.3, -0.25) is 0 Å². The zero-order valence-corrected chi connectivity index (χ0v) is 12.6. The van der Waals surface area contributed by atoms with E-state index in [-0.39, 0.29) is 6.10 Å². The summed E-state index contributed by atoms with van der Waals surface area (Å²) in [6, 6.07) is 16.8. The quantitative estimate of drug-likeness (QED) is 0.874. The molecular formula is C19H23NO. The number of benzene rings is 2. The Kier molecular flexibility index (Phi) is 4.44. The summed E-state index contributed by atoms with van der Waals surface area (Å²) in [5.74, 6) is 0.998. The number of para-hydroxylation sites is 1. The van der Waals surface area contributed by atoms with E-state index in [0.29, 0.717) is 0 Å². The molecule has 2 aromatic carbocycles. The van der Waals surface area contributed by atoms with Crippen LogP contribution in [-0.2, 0) is 12.8 Å². The molecule has 0 spiro atoms. The number of hydrogen-bond acceptors (Lipinski definition) is 2. The molecule has 0 aromatic heterocycles. The van der Waals surface area contributed by atoms with E-state index in [0.717, 1.165) is 18.0 Å². The minimum Gasteiger partial charge on any atom is -0.489 e. The third-order valence-electron chi connectivity index (χ3n) is 4.02. The molecule has 2 nitrogen and oxygen atoms in total. The third-order valence-corrected chi connectivity index (χ3v) is 4.02. The van der Waals surface area contributed by atoms with Crippen LogP contribution in [0.25, 0.3) is 0 Å². The van der Waals surface area contributed by atoms with Gasteiger partial charge in [0.2, 0.25) is 0 Å². The first-order valence-electron chi connectivity index (χ1n) is 7.88. The summed E-state index contributed by atoms with van der Waals surface area (Å²) in [5, 5.41) is 3.40. The monoisotopic (exact) mass is 281 g/mol. The van der Waals surface area contributed by atoms with Crippen LogP contribution >= 0.6 is 0 Å². The largest absolute Gasteiger partial charge is 0.489 e. The van der Waals surface area contributed by atoms with E-state index in [9.17, 15) is 0 Å². The Bertz CT molecular complexity index is 579. The zero-order valence-electron chi connectivity index (χ0n) is 12.6. The van der Waals surface area contributed by atoms with E-state index >= 15 is 0 Å². The van der Waals surface area contributed by atoms with Crippen LogP contribution in [-0.4, -0.2) is 12.6 Å². The fourth-order valence-corrected chi connectivity index (χ4v) is 2.87. The van der Waals surface area contributed by atoms with Gasteiger partial charge in [-0.2, -0.15) is 0 Å². The number of aryl methyl sites for hydroxylation is 2. The molecule has 0 aliphatic heterocycles. The van der Waals surface area contributed by atoms with E-state index in [4.69, 9.17) is 4.74 Å². The fraction of sp³-hybridized carbons (Fsp3) is 0.368. The lowest BCUT2D eigenvalue weighted by Crippen LogP contribution is -2.22. The maximum Gasteiger partial charge on any atom is 0.120 e. The molecule has 0 radical (unpaired) electrons. The van der Waals surface area contributed by atoms with Crippen molar-refractivity contribution in [3.8, 4) is 5.75 Å². The summed E-state index contributed by atoms with van der Waals surface area (Å²) in [7, 11) is 0. The number of fused-ring (bicyclic) bond motifs is 1. The van der Waals surface area contributed by atoms with E-state index in [1.807, 2.05) is 18.2 Å². The molecule has 1 aliphatic rings. The predicted octanol–water partition coefficient (Wildman–Crippen LogP) is 4.44. The van der Waals surface area contributed by atoms with Crippen molar-refractivity contribution in [2.75, 3.05) is 11.9 Å². The number of ether oxygens (including phenoxy) is 1. The third kappa shape index (κ3) is 3.78. The molecule has 110 valence electrons. The van der Waals surface area contributed by atoms with Crippen LogP contribution in [0.5, 0.6) is 5.75 Å². The zero-order chi connectivity index (χ0) is 14.5. The highest BCUT2D eigenvalue weighted by molar-refractivity contribution is 5.42. The van der Waals surface area contributed by atoms with Crippen LogP contribution in [0.3, 0.4) is 0 Å². The van der Waals surface area contributed by atoms with Gasteiger partial charge in [0.25, 0.3) is 0 Å². The smallest absolute Gasteiger partial charge is 0.120 e. The molecule has 2 aromatic rings. The van der Waals surface area contributed by atoms with Crippen LogP contribution in [0.4, 0.5) is 5.69 Å². The van der Waals surface area contributed by atoms with Crippen LogP contribution in [0.15, 0.2) is 48.5 Å². The van der Waals surface area contributed by atoms with Crippen molar-refractivity contribution >= 4 is 5.69 Å². The highest BCUT2D eigenvalue weighted by atomic mass is 16.5. The Labute approximate surface area is 127 Å². The molecule has 2 heteroatoms. The SMILES string of the molecule is CC(CNc1ccccc1)Oc1ccc2c(c1)CCCC2.